The molecular weight excluding hydrogens is 326 g/mol. The highest BCUT2D eigenvalue weighted by atomic mass is 16.5. The third-order valence-corrected chi connectivity index (χ3v) is 4.88. The topological polar surface area (TPSA) is 59.2 Å². The number of rotatable bonds is 4. The van der Waals surface area contributed by atoms with Crippen molar-refractivity contribution < 1.29 is 9.32 Å². The Morgan fingerprint density at radius 1 is 1.15 bits per heavy atom. The lowest BCUT2D eigenvalue weighted by Gasteiger charge is -2.22. The average molecular weight is 347 g/mol. The summed E-state index contributed by atoms with van der Waals surface area (Å²) in [6.45, 7) is 2.81. The Kier molecular flexibility index (Phi) is 4.52. The van der Waals surface area contributed by atoms with Gasteiger partial charge in [-0.25, -0.2) is 0 Å². The van der Waals surface area contributed by atoms with Crippen LogP contribution < -0.4 is 0 Å². The number of carbonyl (C=O) groups is 1. The summed E-state index contributed by atoms with van der Waals surface area (Å²) in [5.41, 5.74) is 2.84. The van der Waals surface area contributed by atoms with Crippen molar-refractivity contribution in [3.05, 3.63) is 71.6 Å². The monoisotopic (exact) mass is 347 g/mol. The van der Waals surface area contributed by atoms with E-state index in [0.29, 0.717) is 23.8 Å². The normalized spacial score (nSPS) is 16.8. The molecule has 1 aliphatic heterocycles. The molecule has 5 nitrogen and oxygen atoms in total. The maximum atomic E-state index is 12.9. The van der Waals surface area contributed by atoms with Crippen molar-refractivity contribution in [2.45, 2.75) is 32.2 Å². The van der Waals surface area contributed by atoms with E-state index in [9.17, 15) is 4.79 Å². The minimum absolute atomic E-state index is 0.0228. The number of hydrogen-bond acceptors (Lipinski definition) is 4. The van der Waals surface area contributed by atoms with Crippen LogP contribution in [0.3, 0.4) is 0 Å². The van der Waals surface area contributed by atoms with Crippen molar-refractivity contribution in [2.24, 2.45) is 0 Å². The van der Waals surface area contributed by atoms with Crippen LogP contribution in [0.25, 0.3) is 11.4 Å². The van der Waals surface area contributed by atoms with Crippen molar-refractivity contribution in [3.63, 3.8) is 0 Å². The van der Waals surface area contributed by atoms with Crippen LogP contribution in [-0.4, -0.2) is 27.5 Å². The van der Waals surface area contributed by atoms with Gasteiger partial charge in [-0.2, -0.15) is 4.98 Å². The summed E-state index contributed by atoms with van der Waals surface area (Å²) in [7, 11) is 0. The van der Waals surface area contributed by atoms with Crippen LogP contribution in [0.5, 0.6) is 0 Å². The molecule has 0 unspecified atom stereocenters. The lowest BCUT2D eigenvalue weighted by atomic mass is 10.1. The summed E-state index contributed by atoms with van der Waals surface area (Å²) in [6.07, 6.45) is 2.74. The Morgan fingerprint density at radius 3 is 2.65 bits per heavy atom. The molecule has 0 aliphatic carbocycles. The van der Waals surface area contributed by atoms with Gasteiger partial charge in [0.1, 0.15) is 6.04 Å². The zero-order valence-corrected chi connectivity index (χ0v) is 14.8. The smallest absolute Gasteiger partial charge is 0.254 e. The third-order valence-electron chi connectivity index (χ3n) is 4.88. The van der Waals surface area contributed by atoms with Crippen molar-refractivity contribution in [1.29, 1.82) is 0 Å². The van der Waals surface area contributed by atoms with E-state index >= 15 is 0 Å². The third kappa shape index (κ3) is 3.12. The van der Waals surface area contributed by atoms with E-state index in [1.165, 1.54) is 5.56 Å². The average Bonchev–Trinajstić information content (AvgIpc) is 3.37. The maximum Gasteiger partial charge on any atom is 0.254 e. The SMILES string of the molecule is CCc1ccc(C(=O)N2CCC[C@@H]2c2nc(-c3ccccc3)no2)cc1. The molecule has 1 saturated heterocycles. The lowest BCUT2D eigenvalue weighted by molar-refractivity contribution is 0.0710. The molecule has 2 heterocycles. The van der Waals surface area contributed by atoms with Gasteiger partial charge in [0, 0.05) is 17.7 Å². The minimum atomic E-state index is -0.154. The van der Waals surface area contributed by atoms with Crippen molar-refractivity contribution in [2.75, 3.05) is 6.54 Å². The number of nitrogens with zero attached hydrogens (tertiary/aromatic N) is 3. The Balaban J connectivity index is 1.56. The molecule has 0 spiro atoms. The molecule has 0 radical (unpaired) electrons. The number of amides is 1. The summed E-state index contributed by atoms with van der Waals surface area (Å²) >= 11 is 0. The Labute approximate surface area is 152 Å². The van der Waals surface area contributed by atoms with Gasteiger partial charge >= 0.3 is 0 Å². The van der Waals surface area contributed by atoms with Gasteiger partial charge < -0.3 is 9.42 Å². The predicted molar refractivity (Wildman–Crippen MR) is 98.6 cm³/mol. The second-order valence-electron chi connectivity index (χ2n) is 6.53. The van der Waals surface area contributed by atoms with Crippen LogP contribution in [0.15, 0.2) is 59.1 Å². The molecule has 2 aromatic carbocycles. The largest absolute Gasteiger partial charge is 0.337 e. The quantitative estimate of drug-likeness (QED) is 0.707. The van der Waals surface area contributed by atoms with Gasteiger partial charge in [-0.3, -0.25) is 4.79 Å². The Morgan fingerprint density at radius 2 is 1.92 bits per heavy atom. The number of benzene rings is 2. The summed E-state index contributed by atoms with van der Waals surface area (Å²) in [6, 6.07) is 17.4. The van der Waals surface area contributed by atoms with Crippen LogP contribution >= 0.6 is 0 Å². The van der Waals surface area contributed by atoms with E-state index in [1.807, 2.05) is 59.5 Å². The fourth-order valence-corrected chi connectivity index (χ4v) is 3.39. The summed E-state index contributed by atoms with van der Waals surface area (Å²) in [5, 5.41) is 4.10. The second kappa shape index (κ2) is 7.12. The van der Waals surface area contributed by atoms with Crippen LogP contribution in [-0.2, 0) is 6.42 Å². The first kappa shape index (κ1) is 16.5. The fourth-order valence-electron chi connectivity index (χ4n) is 3.39. The van der Waals surface area contributed by atoms with E-state index < -0.39 is 0 Å². The molecule has 26 heavy (non-hydrogen) atoms. The van der Waals surface area contributed by atoms with Gasteiger partial charge in [0.15, 0.2) is 0 Å². The number of likely N-dealkylation sites (tertiary alicyclic amines) is 1. The van der Waals surface area contributed by atoms with Gasteiger partial charge in [0.25, 0.3) is 5.91 Å². The number of carbonyl (C=O) groups excluding carboxylic acids is 1. The molecule has 1 aliphatic rings. The molecule has 1 aromatic heterocycles. The molecule has 1 atom stereocenters. The van der Waals surface area contributed by atoms with Crippen LogP contribution in [0.4, 0.5) is 0 Å². The fraction of sp³-hybridized carbons (Fsp3) is 0.286. The zero-order chi connectivity index (χ0) is 17.9. The summed E-state index contributed by atoms with van der Waals surface area (Å²) in [5.74, 6) is 1.10. The molecule has 1 fully saturated rings. The summed E-state index contributed by atoms with van der Waals surface area (Å²) < 4.78 is 5.50. The molecule has 0 bridgehead atoms. The van der Waals surface area contributed by atoms with Crippen molar-refractivity contribution in [1.82, 2.24) is 15.0 Å². The van der Waals surface area contributed by atoms with Crippen molar-refractivity contribution in [3.8, 4) is 11.4 Å². The van der Waals surface area contributed by atoms with Gasteiger partial charge in [0.2, 0.25) is 11.7 Å². The van der Waals surface area contributed by atoms with E-state index in [0.717, 1.165) is 24.8 Å². The first-order valence-electron chi connectivity index (χ1n) is 9.05. The summed E-state index contributed by atoms with van der Waals surface area (Å²) in [4.78, 5) is 19.3. The standard InChI is InChI=1S/C21H21N3O2/c1-2-15-10-12-17(13-11-15)21(25)24-14-6-9-18(24)20-22-19(23-26-20)16-7-4-3-5-8-16/h3-5,7-8,10-13,18H,2,6,9,14H2,1H3/t18-/m1/s1. The maximum absolute atomic E-state index is 12.9. The van der Waals surface area contributed by atoms with E-state index in [1.54, 1.807) is 0 Å². The number of aromatic nitrogens is 2. The van der Waals surface area contributed by atoms with Gasteiger partial charge in [0.05, 0.1) is 0 Å². The highest BCUT2D eigenvalue weighted by Gasteiger charge is 2.34. The van der Waals surface area contributed by atoms with Crippen LogP contribution in [0.2, 0.25) is 0 Å². The van der Waals surface area contributed by atoms with Crippen molar-refractivity contribution >= 4 is 5.91 Å². The molecule has 5 heteroatoms. The van der Waals surface area contributed by atoms with Crippen LogP contribution in [0, 0.1) is 0 Å². The first-order valence-corrected chi connectivity index (χ1v) is 9.05. The van der Waals surface area contributed by atoms with Gasteiger partial charge in [-0.05, 0) is 37.0 Å². The highest BCUT2D eigenvalue weighted by Crippen LogP contribution is 2.33. The molecule has 132 valence electrons. The van der Waals surface area contributed by atoms with Crippen LogP contribution in [0.1, 0.15) is 47.6 Å². The minimum Gasteiger partial charge on any atom is -0.337 e. The lowest BCUT2D eigenvalue weighted by Crippen LogP contribution is -2.30. The molecule has 4 rings (SSSR count). The van der Waals surface area contributed by atoms with E-state index in [4.69, 9.17) is 4.52 Å². The zero-order valence-electron chi connectivity index (χ0n) is 14.8. The number of hydrogen-bond donors (Lipinski definition) is 0. The first-order chi connectivity index (χ1) is 12.8. The Hall–Kier alpha value is -2.95. The molecule has 0 saturated carbocycles. The van der Waals surface area contributed by atoms with E-state index in [2.05, 4.69) is 17.1 Å². The molecular formula is C21H21N3O2. The highest BCUT2D eigenvalue weighted by molar-refractivity contribution is 5.94. The van der Waals surface area contributed by atoms with E-state index in [-0.39, 0.29) is 11.9 Å². The number of aryl methyl sites for hydroxylation is 1. The van der Waals surface area contributed by atoms with Gasteiger partial charge in [-0.1, -0.05) is 54.5 Å². The Bertz CT molecular complexity index is 887. The molecule has 0 N–H and O–H groups in total. The molecule has 3 aromatic rings. The van der Waals surface area contributed by atoms with Gasteiger partial charge in [-0.15, -0.1) is 0 Å². The second-order valence-corrected chi connectivity index (χ2v) is 6.53. The molecule has 1 amide bonds. The predicted octanol–water partition coefficient (Wildman–Crippen LogP) is 4.28.